The van der Waals surface area contributed by atoms with Crippen molar-refractivity contribution in [3.05, 3.63) is 106 Å². The maximum Gasteiger partial charge on any atom is 0.266 e. The van der Waals surface area contributed by atoms with Crippen LogP contribution in [0.1, 0.15) is 35.5 Å². The van der Waals surface area contributed by atoms with E-state index in [0.717, 1.165) is 16.7 Å². The number of alkyl halides is 2. The van der Waals surface area contributed by atoms with E-state index in [1.54, 1.807) is 21.6 Å². The fourth-order valence-electron chi connectivity index (χ4n) is 4.20. The molecule has 7 heteroatoms. The number of hydrogen-bond donors (Lipinski definition) is 0. The van der Waals surface area contributed by atoms with Gasteiger partial charge in [-0.15, -0.1) is 0 Å². The molecule has 180 valence electrons. The Morgan fingerprint density at radius 3 is 2.34 bits per heavy atom. The number of benzene rings is 3. The lowest BCUT2D eigenvalue weighted by Crippen LogP contribution is -2.41. The maximum absolute atomic E-state index is 13.7. The molecule has 0 aliphatic heterocycles. The number of rotatable bonds is 7. The highest BCUT2D eigenvalue weighted by atomic mass is 35.5. The molecular weight excluding hydrogens is 481 g/mol. The van der Waals surface area contributed by atoms with Crippen molar-refractivity contribution in [2.24, 2.45) is 0 Å². The number of fused-ring (bicyclic) bond motifs is 1. The Morgan fingerprint density at radius 2 is 1.66 bits per heavy atom. The molecule has 0 radical (unpaired) electrons. The molecule has 0 spiro atoms. The van der Waals surface area contributed by atoms with Crippen LogP contribution in [0.3, 0.4) is 0 Å². The first-order valence-electron chi connectivity index (χ1n) is 11.5. The van der Waals surface area contributed by atoms with Gasteiger partial charge < -0.3 is 4.90 Å². The van der Waals surface area contributed by atoms with E-state index in [-0.39, 0.29) is 5.56 Å². The minimum atomic E-state index is -1.23. The fraction of sp³-hybridized carbons (Fsp3) is 0.250. The van der Waals surface area contributed by atoms with Crippen molar-refractivity contribution in [1.82, 2.24) is 14.5 Å². The van der Waals surface area contributed by atoms with Crippen molar-refractivity contribution in [3.8, 4) is 5.69 Å². The summed E-state index contributed by atoms with van der Waals surface area (Å²) in [6.07, 6.45) is 0.610. The smallest absolute Gasteiger partial charge is 0.266 e. The molecule has 1 aromatic heterocycles. The van der Waals surface area contributed by atoms with E-state index in [2.05, 4.69) is 0 Å². The van der Waals surface area contributed by atoms with E-state index in [1.807, 2.05) is 81.4 Å². The largest absolute Gasteiger partial charge is 0.330 e. The molecule has 0 saturated carbocycles. The number of aromatic nitrogens is 2. The van der Waals surface area contributed by atoms with Crippen molar-refractivity contribution in [2.75, 3.05) is 6.54 Å². The van der Waals surface area contributed by atoms with Crippen LogP contribution in [0, 0.1) is 13.8 Å². The van der Waals surface area contributed by atoms with Gasteiger partial charge in [-0.1, -0.05) is 71.7 Å². The third-order valence-electron chi connectivity index (χ3n) is 6.35. The van der Waals surface area contributed by atoms with E-state index in [9.17, 15) is 9.59 Å². The van der Waals surface area contributed by atoms with E-state index >= 15 is 0 Å². The Morgan fingerprint density at radius 1 is 0.971 bits per heavy atom. The summed E-state index contributed by atoms with van der Waals surface area (Å²) in [6, 6.07) is 22.4. The second-order valence-electron chi connectivity index (χ2n) is 8.64. The monoisotopic (exact) mass is 507 g/mol. The highest BCUT2D eigenvalue weighted by Crippen LogP contribution is 2.26. The van der Waals surface area contributed by atoms with E-state index in [1.165, 1.54) is 0 Å². The molecule has 0 N–H and O–H groups in total. The molecule has 1 atom stereocenters. The summed E-state index contributed by atoms with van der Waals surface area (Å²) in [6.45, 7) is 6.25. The average molecular weight is 508 g/mol. The van der Waals surface area contributed by atoms with Gasteiger partial charge in [0.1, 0.15) is 5.82 Å². The minimum Gasteiger partial charge on any atom is -0.330 e. The van der Waals surface area contributed by atoms with Crippen LogP contribution >= 0.6 is 23.2 Å². The molecule has 0 saturated heterocycles. The molecule has 4 aromatic rings. The normalized spacial score (nSPS) is 12.2. The SMILES string of the molecule is Cc1ccc(-n2c(C(C)N(CCc3ccccc3)C(=O)C(Cl)Cl)nc3ccccc3c2=O)cc1C. The molecule has 5 nitrogen and oxygen atoms in total. The maximum atomic E-state index is 13.7. The van der Waals surface area contributed by atoms with Gasteiger partial charge in [0.15, 0.2) is 4.84 Å². The van der Waals surface area contributed by atoms with Gasteiger partial charge in [0.2, 0.25) is 0 Å². The molecule has 3 aromatic carbocycles. The van der Waals surface area contributed by atoms with Crippen molar-refractivity contribution in [2.45, 2.75) is 38.1 Å². The topological polar surface area (TPSA) is 55.2 Å². The van der Waals surface area contributed by atoms with Crippen molar-refractivity contribution < 1.29 is 4.79 Å². The van der Waals surface area contributed by atoms with Crippen molar-refractivity contribution in [3.63, 3.8) is 0 Å². The summed E-state index contributed by atoms with van der Waals surface area (Å²) in [5.41, 5.74) is 4.34. The van der Waals surface area contributed by atoms with E-state index in [0.29, 0.717) is 35.4 Å². The Balaban J connectivity index is 1.86. The van der Waals surface area contributed by atoms with Crippen LogP contribution in [-0.2, 0) is 11.2 Å². The fourth-order valence-corrected chi connectivity index (χ4v) is 4.45. The van der Waals surface area contributed by atoms with Gasteiger partial charge in [-0.3, -0.25) is 14.2 Å². The molecule has 1 heterocycles. The van der Waals surface area contributed by atoms with Crippen molar-refractivity contribution >= 4 is 40.0 Å². The van der Waals surface area contributed by atoms with Gasteiger partial charge in [0.05, 0.1) is 22.6 Å². The first kappa shape index (κ1) is 25.0. The highest BCUT2D eigenvalue weighted by Gasteiger charge is 2.29. The van der Waals surface area contributed by atoms with Crippen LogP contribution in [-0.4, -0.2) is 31.7 Å². The number of hydrogen-bond acceptors (Lipinski definition) is 3. The molecule has 0 aliphatic rings. The lowest BCUT2D eigenvalue weighted by atomic mass is 10.1. The molecule has 0 aliphatic carbocycles. The summed E-state index contributed by atoms with van der Waals surface area (Å²) < 4.78 is 1.60. The number of aryl methyl sites for hydroxylation is 2. The van der Waals surface area contributed by atoms with Gasteiger partial charge in [-0.25, -0.2) is 4.98 Å². The Hall–Kier alpha value is -3.15. The molecule has 0 fully saturated rings. The van der Waals surface area contributed by atoms with Crippen LogP contribution in [0.5, 0.6) is 0 Å². The molecule has 1 unspecified atom stereocenters. The number of para-hydroxylation sites is 1. The Kier molecular flexibility index (Phi) is 7.58. The molecular formula is C28H27Cl2N3O2. The number of amides is 1. The summed E-state index contributed by atoms with van der Waals surface area (Å²) in [5.74, 6) is 0.0261. The van der Waals surface area contributed by atoms with Gasteiger partial charge in [-0.05, 0) is 68.1 Å². The zero-order valence-electron chi connectivity index (χ0n) is 19.9. The van der Waals surface area contributed by atoms with E-state index in [4.69, 9.17) is 28.2 Å². The zero-order valence-corrected chi connectivity index (χ0v) is 21.4. The lowest BCUT2D eigenvalue weighted by Gasteiger charge is -2.31. The number of carbonyl (C=O) groups is 1. The van der Waals surface area contributed by atoms with Crippen LogP contribution in [0.2, 0.25) is 0 Å². The zero-order chi connectivity index (χ0) is 25.1. The average Bonchev–Trinajstić information content (AvgIpc) is 2.86. The summed E-state index contributed by atoms with van der Waals surface area (Å²) in [5, 5.41) is 0.511. The number of halogens is 2. The number of carbonyl (C=O) groups excluding carboxylic acids is 1. The Labute approximate surface area is 214 Å². The van der Waals surface area contributed by atoms with Gasteiger partial charge in [-0.2, -0.15) is 0 Å². The predicted molar refractivity (Wildman–Crippen MR) is 143 cm³/mol. The van der Waals surface area contributed by atoms with Gasteiger partial charge in [0.25, 0.3) is 11.5 Å². The van der Waals surface area contributed by atoms with Crippen LogP contribution in [0.15, 0.2) is 77.6 Å². The van der Waals surface area contributed by atoms with Gasteiger partial charge >= 0.3 is 0 Å². The summed E-state index contributed by atoms with van der Waals surface area (Å²) in [7, 11) is 0. The first-order valence-corrected chi connectivity index (χ1v) is 12.4. The number of nitrogens with zero attached hydrogens (tertiary/aromatic N) is 3. The second kappa shape index (κ2) is 10.6. The Bertz CT molecular complexity index is 1420. The van der Waals surface area contributed by atoms with E-state index < -0.39 is 16.8 Å². The third kappa shape index (κ3) is 5.26. The summed E-state index contributed by atoms with van der Waals surface area (Å²) >= 11 is 12.1. The molecule has 1 amide bonds. The summed E-state index contributed by atoms with van der Waals surface area (Å²) in [4.78, 5) is 32.1. The predicted octanol–water partition coefficient (Wildman–Crippen LogP) is 5.94. The van der Waals surface area contributed by atoms with Crippen LogP contribution < -0.4 is 5.56 Å². The highest BCUT2D eigenvalue weighted by molar-refractivity contribution is 6.53. The quantitative estimate of drug-likeness (QED) is 0.291. The first-order chi connectivity index (χ1) is 16.8. The molecule has 0 bridgehead atoms. The van der Waals surface area contributed by atoms with Crippen LogP contribution in [0.25, 0.3) is 16.6 Å². The van der Waals surface area contributed by atoms with Crippen molar-refractivity contribution in [1.29, 1.82) is 0 Å². The molecule has 4 rings (SSSR count). The van der Waals surface area contributed by atoms with Crippen LogP contribution in [0.4, 0.5) is 0 Å². The lowest BCUT2D eigenvalue weighted by molar-refractivity contribution is -0.131. The molecule has 35 heavy (non-hydrogen) atoms. The minimum absolute atomic E-state index is 0.190. The second-order valence-corrected chi connectivity index (χ2v) is 9.74. The van der Waals surface area contributed by atoms with Gasteiger partial charge in [0, 0.05) is 6.54 Å². The third-order valence-corrected chi connectivity index (χ3v) is 6.72. The standard InChI is InChI=1S/C28H27Cl2N3O2/c1-18-13-14-22(17-19(18)2)33-26(31-24-12-8-7-11-23(24)27(33)34)20(3)32(28(35)25(29)30)16-15-21-9-5-4-6-10-21/h4-14,17,20,25H,15-16H2,1-3H3.